The number of nitrogens with zero attached hydrogens (tertiary/aromatic N) is 1. The molecular weight excluding hydrogens is 260 g/mol. The number of hydrogen-bond acceptors (Lipinski definition) is 4. The average Bonchev–Trinajstić information content (AvgIpc) is 3.10. The van der Waals surface area contributed by atoms with Crippen molar-refractivity contribution in [3.8, 4) is 5.75 Å². The molecule has 1 saturated heterocycles. The van der Waals surface area contributed by atoms with Crippen LogP contribution in [0.5, 0.6) is 5.75 Å². The molecule has 1 aliphatic carbocycles. The molecule has 0 N–H and O–H groups in total. The lowest BCUT2D eigenvalue weighted by Gasteiger charge is -2.32. The van der Waals surface area contributed by atoms with Crippen LogP contribution in [0.2, 0.25) is 0 Å². The van der Waals surface area contributed by atoms with Crippen LogP contribution in [-0.4, -0.2) is 29.4 Å². The molecule has 0 radical (unpaired) electrons. The molecule has 20 heavy (non-hydrogen) atoms. The summed E-state index contributed by atoms with van der Waals surface area (Å²) in [4.78, 5) is 3.75. The van der Waals surface area contributed by atoms with Gasteiger partial charge in [-0.05, 0) is 46.6 Å². The molecule has 0 aromatic carbocycles. The minimum Gasteiger partial charge on any atom is -0.486 e. The van der Waals surface area contributed by atoms with Crippen LogP contribution in [0.3, 0.4) is 0 Å². The Morgan fingerprint density at radius 2 is 1.85 bits per heavy atom. The molecule has 1 aromatic heterocycles. The molecule has 4 nitrogen and oxygen atoms in total. The third kappa shape index (κ3) is 2.42. The van der Waals surface area contributed by atoms with Crippen LogP contribution in [0, 0.1) is 5.95 Å². The maximum Gasteiger partial charge on any atom is 0.496 e. The molecule has 0 atom stereocenters. The quantitative estimate of drug-likeness (QED) is 0.627. The second kappa shape index (κ2) is 4.43. The highest BCUT2D eigenvalue weighted by Gasteiger charge is 2.52. The SMILES string of the molecule is CC1(C)OB(c2cnc(F)c(OC3CC3)c2)OC1(C)C. The molecule has 108 valence electrons. The van der Waals surface area contributed by atoms with E-state index in [1.165, 1.54) is 6.20 Å². The van der Waals surface area contributed by atoms with E-state index in [1.54, 1.807) is 6.07 Å². The van der Waals surface area contributed by atoms with Gasteiger partial charge in [-0.25, -0.2) is 4.98 Å². The van der Waals surface area contributed by atoms with E-state index in [-0.39, 0.29) is 11.9 Å². The molecular formula is C14H19BFNO3. The van der Waals surface area contributed by atoms with Crippen molar-refractivity contribution in [3.05, 3.63) is 18.2 Å². The first kappa shape index (κ1) is 13.8. The summed E-state index contributed by atoms with van der Waals surface area (Å²) >= 11 is 0. The Morgan fingerprint density at radius 1 is 1.25 bits per heavy atom. The molecule has 1 saturated carbocycles. The molecule has 6 heteroatoms. The first-order chi connectivity index (χ1) is 9.28. The van der Waals surface area contributed by atoms with E-state index in [4.69, 9.17) is 14.0 Å². The first-order valence-corrected chi connectivity index (χ1v) is 6.96. The number of hydrogen-bond donors (Lipinski definition) is 0. The minimum absolute atomic E-state index is 0.125. The van der Waals surface area contributed by atoms with Crippen molar-refractivity contribution in [2.45, 2.75) is 57.8 Å². The number of aromatic nitrogens is 1. The van der Waals surface area contributed by atoms with E-state index < -0.39 is 24.3 Å². The van der Waals surface area contributed by atoms with E-state index in [0.29, 0.717) is 5.46 Å². The molecule has 1 aliphatic heterocycles. The van der Waals surface area contributed by atoms with E-state index in [2.05, 4.69) is 4.98 Å². The highest BCUT2D eigenvalue weighted by Crippen LogP contribution is 2.36. The predicted molar refractivity (Wildman–Crippen MR) is 73.6 cm³/mol. The lowest BCUT2D eigenvalue weighted by Crippen LogP contribution is -2.41. The monoisotopic (exact) mass is 279 g/mol. The summed E-state index contributed by atoms with van der Waals surface area (Å²) in [6.07, 6.45) is 3.51. The third-order valence-corrected chi connectivity index (χ3v) is 4.17. The third-order valence-electron chi connectivity index (χ3n) is 4.17. The summed E-state index contributed by atoms with van der Waals surface area (Å²) in [6, 6.07) is 1.63. The van der Waals surface area contributed by atoms with Crippen LogP contribution in [0.25, 0.3) is 0 Å². The Labute approximate surface area is 118 Å². The topological polar surface area (TPSA) is 40.6 Å². The van der Waals surface area contributed by atoms with Gasteiger partial charge in [0, 0.05) is 11.7 Å². The summed E-state index contributed by atoms with van der Waals surface area (Å²) in [7, 11) is -0.547. The Bertz CT molecular complexity index is 515. The zero-order valence-electron chi connectivity index (χ0n) is 12.3. The fourth-order valence-corrected chi connectivity index (χ4v) is 2.00. The largest absolute Gasteiger partial charge is 0.496 e. The molecule has 2 aliphatic rings. The molecule has 2 fully saturated rings. The predicted octanol–water partition coefficient (Wildman–Crippen LogP) is 2.06. The Morgan fingerprint density at radius 3 is 2.40 bits per heavy atom. The van der Waals surface area contributed by atoms with Gasteiger partial charge < -0.3 is 14.0 Å². The maximum absolute atomic E-state index is 13.6. The molecule has 0 bridgehead atoms. The van der Waals surface area contributed by atoms with Gasteiger partial charge >= 0.3 is 7.12 Å². The van der Waals surface area contributed by atoms with E-state index in [9.17, 15) is 4.39 Å². The zero-order valence-corrected chi connectivity index (χ0v) is 12.3. The fourth-order valence-electron chi connectivity index (χ4n) is 2.00. The molecule has 1 aromatic rings. The van der Waals surface area contributed by atoms with Gasteiger partial charge in [-0.15, -0.1) is 0 Å². The number of rotatable bonds is 3. The molecule has 0 unspecified atom stereocenters. The van der Waals surface area contributed by atoms with E-state index >= 15 is 0 Å². The molecule has 0 amide bonds. The lowest BCUT2D eigenvalue weighted by atomic mass is 9.80. The Balaban J connectivity index is 1.84. The van der Waals surface area contributed by atoms with Crippen LogP contribution in [0.1, 0.15) is 40.5 Å². The van der Waals surface area contributed by atoms with Gasteiger partial charge in [0.15, 0.2) is 5.75 Å². The van der Waals surface area contributed by atoms with Gasteiger partial charge in [-0.2, -0.15) is 4.39 Å². The Kier molecular flexibility index (Phi) is 3.06. The van der Waals surface area contributed by atoms with E-state index in [1.807, 2.05) is 27.7 Å². The number of ether oxygens (including phenoxy) is 1. The molecule has 2 heterocycles. The average molecular weight is 279 g/mol. The highest BCUT2D eigenvalue weighted by atomic mass is 19.1. The summed E-state index contributed by atoms with van der Waals surface area (Å²) in [5, 5.41) is 0. The number of pyridine rings is 1. The van der Waals surface area contributed by atoms with Gasteiger partial charge in [-0.1, -0.05) is 0 Å². The second-order valence-electron chi connectivity index (χ2n) is 6.46. The van der Waals surface area contributed by atoms with Crippen LogP contribution >= 0.6 is 0 Å². The van der Waals surface area contributed by atoms with Crippen molar-refractivity contribution in [2.75, 3.05) is 0 Å². The van der Waals surface area contributed by atoms with Gasteiger partial charge in [0.2, 0.25) is 0 Å². The number of halogens is 1. The van der Waals surface area contributed by atoms with Crippen LogP contribution < -0.4 is 10.2 Å². The van der Waals surface area contributed by atoms with Crippen LogP contribution in [0.4, 0.5) is 4.39 Å². The summed E-state index contributed by atoms with van der Waals surface area (Å²) in [6.45, 7) is 7.91. The second-order valence-corrected chi connectivity index (χ2v) is 6.46. The summed E-state index contributed by atoms with van der Waals surface area (Å²) < 4.78 is 31.0. The van der Waals surface area contributed by atoms with Crippen molar-refractivity contribution in [2.24, 2.45) is 0 Å². The summed E-state index contributed by atoms with van der Waals surface area (Å²) in [5.74, 6) is -0.406. The normalized spacial score (nSPS) is 23.9. The maximum atomic E-state index is 13.6. The Hall–Kier alpha value is -1.14. The van der Waals surface area contributed by atoms with Gasteiger partial charge in [0.1, 0.15) is 0 Å². The van der Waals surface area contributed by atoms with Gasteiger partial charge in [0.05, 0.1) is 17.3 Å². The van der Waals surface area contributed by atoms with Crippen molar-refractivity contribution in [3.63, 3.8) is 0 Å². The highest BCUT2D eigenvalue weighted by molar-refractivity contribution is 6.62. The van der Waals surface area contributed by atoms with Gasteiger partial charge in [-0.3, -0.25) is 0 Å². The fraction of sp³-hybridized carbons (Fsp3) is 0.643. The zero-order chi connectivity index (χ0) is 14.5. The molecule has 0 spiro atoms. The lowest BCUT2D eigenvalue weighted by molar-refractivity contribution is 0.00578. The van der Waals surface area contributed by atoms with Crippen molar-refractivity contribution < 1.29 is 18.4 Å². The van der Waals surface area contributed by atoms with Crippen molar-refractivity contribution in [1.82, 2.24) is 4.98 Å². The minimum atomic E-state index is -0.586. The standard InChI is InChI=1S/C14H19BFNO3/c1-13(2)14(3,4)20-15(19-13)9-7-11(12(16)17-8-9)18-10-5-6-10/h7-8,10H,5-6H2,1-4H3. The van der Waals surface area contributed by atoms with Crippen LogP contribution in [-0.2, 0) is 9.31 Å². The van der Waals surface area contributed by atoms with Gasteiger partial charge in [0.25, 0.3) is 5.95 Å². The smallest absolute Gasteiger partial charge is 0.486 e. The summed E-state index contributed by atoms with van der Waals surface area (Å²) in [5.41, 5.74) is -0.173. The van der Waals surface area contributed by atoms with Crippen molar-refractivity contribution in [1.29, 1.82) is 0 Å². The van der Waals surface area contributed by atoms with E-state index in [0.717, 1.165) is 12.8 Å². The van der Waals surface area contributed by atoms with Crippen LogP contribution in [0.15, 0.2) is 12.3 Å². The molecule has 3 rings (SSSR count). The first-order valence-electron chi connectivity index (χ1n) is 6.96. The van der Waals surface area contributed by atoms with Crippen molar-refractivity contribution >= 4 is 12.6 Å².